The first-order valence-corrected chi connectivity index (χ1v) is 9.27. The average molecular weight is 322 g/mol. The van der Waals surface area contributed by atoms with E-state index in [2.05, 4.69) is 11.2 Å². The third-order valence-corrected chi connectivity index (χ3v) is 4.59. The zero-order chi connectivity index (χ0) is 15.8. The third-order valence-electron chi connectivity index (χ3n) is 4.00. The molecule has 22 heavy (non-hydrogen) atoms. The number of ether oxygens (including phenoxy) is 1. The summed E-state index contributed by atoms with van der Waals surface area (Å²) in [4.78, 5) is 16.6. The maximum Gasteiger partial charge on any atom is 0.226 e. The Kier molecular flexibility index (Phi) is 7.06. The molecule has 1 aliphatic rings. The Labute approximate surface area is 137 Å². The minimum Gasteiger partial charge on any atom is -0.493 e. The van der Waals surface area contributed by atoms with Crippen molar-refractivity contribution in [3.8, 4) is 5.75 Å². The molecule has 0 radical (unpaired) electrons. The summed E-state index contributed by atoms with van der Waals surface area (Å²) >= 11 is 1.87. The first-order valence-electron chi connectivity index (χ1n) is 7.88. The van der Waals surface area contributed by atoms with Crippen molar-refractivity contribution in [2.75, 3.05) is 51.3 Å². The van der Waals surface area contributed by atoms with Crippen molar-refractivity contribution in [2.24, 2.45) is 0 Å². The van der Waals surface area contributed by atoms with Crippen LogP contribution in [0.25, 0.3) is 0 Å². The Morgan fingerprint density at radius 3 is 2.64 bits per heavy atom. The highest BCUT2D eigenvalue weighted by molar-refractivity contribution is 7.98. The standard InChI is InChI=1S/C17H26N2O2S/c1-15-5-3-4-6-16(15)21-13-7-17(20)19-10-8-18(9-11-19)12-14-22-2/h3-6H,7-14H2,1-2H3. The van der Waals surface area contributed by atoms with Crippen LogP contribution in [0.4, 0.5) is 0 Å². The lowest BCUT2D eigenvalue weighted by molar-refractivity contribution is -0.133. The number of piperazine rings is 1. The highest BCUT2D eigenvalue weighted by Crippen LogP contribution is 2.16. The van der Waals surface area contributed by atoms with Gasteiger partial charge in [-0.3, -0.25) is 9.69 Å². The number of carbonyl (C=O) groups is 1. The number of hydrogen-bond donors (Lipinski definition) is 0. The molecule has 122 valence electrons. The molecule has 0 spiro atoms. The summed E-state index contributed by atoms with van der Waals surface area (Å²) in [6.45, 7) is 7.27. The fourth-order valence-electron chi connectivity index (χ4n) is 2.57. The van der Waals surface area contributed by atoms with Crippen LogP contribution in [0.1, 0.15) is 12.0 Å². The zero-order valence-electron chi connectivity index (χ0n) is 13.6. The van der Waals surface area contributed by atoms with E-state index in [-0.39, 0.29) is 5.91 Å². The van der Waals surface area contributed by atoms with Crippen LogP contribution >= 0.6 is 11.8 Å². The Bertz CT molecular complexity index is 473. The fourth-order valence-corrected chi connectivity index (χ4v) is 3.01. The van der Waals surface area contributed by atoms with Crippen LogP contribution < -0.4 is 4.74 Å². The smallest absolute Gasteiger partial charge is 0.226 e. The van der Waals surface area contributed by atoms with Crippen LogP contribution in [0, 0.1) is 6.92 Å². The van der Waals surface area contributed by atoms with E-state index in [9.17, 15) is 4.79 Å². The van der Waals surface area contributed by atoms with Crippen molar-refractivity contribution in [1.29, 1.82) is 0 Å². The molecule has 1 heterocycles. The van der Waals surface area contributed by atoms with E-state index in [1.165, 1.54) is 0 Å². The van der Waals surface area contributed by atoms with E-state index in [0.717, 1.165) is 49.8 Å². The van der Waals surface area contributed by atoms with E-state index in [1.807, 2.05) is 47.9 Å². The second-order valence-electron chi connectivity index (χ2n) is 5.58. The molecule has 0 N–H and O–H groups in total. The maximum atomic E-state index is 12.2. The van der Waals surface area contributed by atoms with Gasteiger partial charge in [-0.25, -0.2) is 0 Å². The summed E-state index contributed by atoms with van der Waals surface area (Å²) in [6.07, 6.45) is 2.59. The molecule has 4 nitrogen and oxygen atoms in total. The molecule has 1 amide bonds. The van der Waals surface area contributed by atoms with Crippen LogP contribution in [-0.2, 0) is 4.79 Å². The predicted molar refractivity (Wildman–Crippen MR) is 92.7 cm³/mol. The third kappa shape index (κ3) is 5.21. The molecule has 0 aliphatic carbocycles. The lowest BCUT2D eigenvalue weighted by Crippen LogP contribution is -2.49. The molecule has 1 aromatic carbocycles. The van der Waals surface area contributed by atoms with Crippen LogP contribution in [-0.4, -0.2) is 67.0 Å². The summed E-state index contributed by atoms with van der Waals surface area (Å²) in [7, 11) is 0. The van der Waals surface area contributed by atoms with Crippen LogP contribution in [0.5, 0.6) is 5.75 Å². The fraction of sp³-hybridized carbons (Fsp3) is 0.588. The molecule has 5 heteroatoms. The Morgan fingerprint density at radius 2 is 1.95 bits per heavy atom. The van der Waals surface area contributed by atoms with Crippen molar-refractivity contribution < 1.29 is 9.53 Å². The number of para-hydroxylation sites is 1. The Balaban J connectivity index is 1.67. The van der Waals surface area contributed by atoms with Gasteiger partial charge in [0, 0.05) is 38.5 Å². The van der Waals surface area contributed by atoms with Crippen LogP contribution in [0.15, 0.2) is 24.3 Å². The number of carbonyl (C=O) groups excluding carboxylic acids is 1. The predicted octanol–water partition coefficient (Wildman–Crippen LogP) is 2.27. The van der Waals surface area contributed by atoms with Gasteiger partial charge in [0.05, 0.1) is 13.0 Å². The van der Waals surface area contributed by atoms with Gasteiger partial charge in [0.25, 0.3) is 0 Å². The van der Waals surface area contributed by atoms with Crippen molar-refractivity contribution in [1.82, 2.24) is 9.80 Å². The van der Waals surface area contributed by atoms with Crippen LogP contribution in [0.2, 0.25) is 0 Å². The number of aryl methyl sites for hydroxylation is 1. The summed E-state index contributed by atoms with van der Waals surface area (Å²) in [6, 6.07) is 7.91. The first-order chi connectivity index (χ1) is 10.7. The number of benzene rings is 1. The highest BCUT2D eigenvalue weighted by atomic mass is 32.2. The zero-order valence-corrected chi connectivity index (χ0v) is 14.4. The van der Waals surface area contributed by atoms with E-state index in [1.54, 1.807) is 0 Å². The molecule has 0 unspecified atom stereocenters. The van der Waals surface area contributed by atoms with Crippen molar-refractivity contribution in [2.45, 2.75) is 13.3 Å². The number of rotatable bonds is 7. The lowest BCUT2D eigenvalue weighted by atomic mass is 10.2. The second-order valence-corrected chi connectivity index (χ2v) is 6.56. The molecular weight excluding hydrogens is 296 g/mol. The minimum absolute atomic E-state index is 0.207. The van der Waals surface area contributed by atoms with E-state index >= 15 is 0 Å². The average Bonchev–Trinajstić information content (AvgIpc) is 2.55. The quantitative estimate of drug-likeness (QED) is 0.771. The monoisotopic (exact) mass is 322 g/mol. The molecule has 1 aromatic rings. The number of thioether (sulfide) groups is 1. The molecule has 0 aromatic heterocycles. The molecule has 2 rings (SSSR count). The molecular formula is C17H26N2O2S. The maximum absolute atomic E-state index is 12.2. The summed E-state index contributed by atoms with van der Waals surface area (Å²) < 4.78 is 5.71. The van der Waals surface area contributed by atoms with Gasteiger partial charge in [0.1, 0.15) is 5.75 Å². The van der Waals surface area contributed by atoms with Crippen molar-refractivity contribution >= 4 is 17.7 Å². The molecule has 0 bridgehead atoms. The SMILES string of the molecule is CSCCN1CCN(C(=O)CCOc2ccccc2C)CC1. The number of amides is 1. The Hall–Kier alpha value is -1.20. The topological polar surface area (TPSA) is 32.8 Å². The van der Waals surface area contributed by atoms with Crippen LogP contribution in [0.3, 0.4) is 0 Å². The van der Waals surface area contributed by atoms with Gasteiger partial charge in [0.2, 0.25) is 5.91 Å². The molecule has 1 fully saturated rings. The van der Waals surface area contributed by atoms with Crippen molar-refractivity contribution in [3.63, 3.8) is 0 Å². The first kappa shape index (κ1) is 17.2. The summed E-state index contributed by atoms with van der Waals surface area (Å²) in [5, 5.41) is 0. The summed E-state index contributed by atoms with van der Waals surface area (Å²) in [5.41, 5.74) is 1.11. The van der Waals surface area contributed by atoms with E-state index in [0.29, 0.717) is 13.0 Å². The van der Waals surface area contributed by atoms with Gasteiger partial charge in [-0.15, -0.1) is 0 Å². The largest absolute Gasteiger partial charge is 0.493 e. The molecule has 0 atom stereocenters. The van der Waals surface area contributed by atoms with Crippen molar-refractivity contribution in [3.05, 3.63) is 29.8 Å². The number of hydrogen-bond acceptors (Lipinski definition) is 4. The van der Waals surface area contributed by atoms with Gasteiger partial charge in [-0.1, -0.05) is 18.2 Å². The van der Waals surface area contributed by atoms with E-state index in [4.69, 9.17) is 4.74 Å². The van der Waals surface area contributed by atoms with Gasteiger partial charge in [-0.05, 0) is 24.8 Å². The Morgan fingerprint density at radius 1 is 1.23 bits per heavy atom. The molecule has 1 aliphatic heterocycles. The highest BCUT2D eigenvalue weighted by Gasteiger charge is 2.20. The molecule has 0 saturated carbocycles. The minimum atomic E-state index is 0.207. The normalized spacial score (nSPS) is 15.8. The van der Waals surface area contributed by atoms with Gasteiger partial charge in [-0.2, -0.15) is 11.8 Å². The van der Waals surface area contributed by atoms with E-state index < -0.39 is 0 Å². The van der Waals surface area contributed by atoms with Gasteiger partial charge >= 0.3 is 0 Å². The molecule has 1 saturated heterocycles. The summed E-state index contributed by atoms with van der Waals surface area (Å²) in [5.74, 6) is 2.24. The lowest BCUT2D eigenvalue weighted by Gasteiger charge is -2.34. The second kappa shape index (κ2) is 9.06. The number of nitrogens with zero attached hydrogens (tertiary/aromatic N) is 2. The van der Waals surface area contributed by atoms with Gasteiger partial charge in [0.15, 0.2) is 0 Å². The van der Waals surface area contributed by atoms with Gasteiger partial charge < -0.3 is 9.64 Å².